The molecule has 6 nitrogen and oxygen atoms in total. The predicted octanol–water partition coefficient (Wildman–Crippen LogP) is 0.133. The van der Waals surface area contributed by atoms with Crippen molar-refractivity contribution in [1.29, 1.82) is 0 Å². The topological polar surface area (TPSA) is 85.6 Å². The van der Waals surface area contributed by atoms with E-state index < -0.39 is 6.04 Å². The highest BCUT2D eigenvalue weighted by atomic mass is 16.5. The van der Waals surface area contributed by atoms with Crippen LogP contribution in [0.3, 0.4) is 0 Å². The Morgan fingerprint density at radius 1 is 1.32 bits per heavy atom. The predicted molar refractivity (Wildman–Crippen MR) is 73.2 cm³/mol. The van der Waals surface area contributed by atoms with E-state index in [0.717, 1.165) is 16.9 Å². The van der Waals surface area contributed by atoms with Crippen molar-refractivity contribution in [2.24, 2.45) is 5.73 Å². The van der Waals surface area contributed by atoms with Crippen LogP contribution in [0.1, 0.15) is 11.1 Å². The molecule has 106 valence electrons. The number of carbonyl (C=O) groups excluding carboxylic acids is 1. The number of amides is 1. The standard InChI is InChI=1S/C13H21N3O3/c1-8-5-12(19-4)9(7-11(8)18-3)6-10(14)13(17)16-15-2/h5,7,10,15H,6,14H2,1-4H3,(H,16,17). The van der Waals surface area contributed by atoms with Crippen LogP contribution in [0.5, 0.6) is 11.5 Å². The summed E-state index contributed by atoms with van der Waals surface area (Å²) in [5.41, 5.74) is 12.7. The van der Waals surface area contributed by atoms with E-state index in [9.17, 15) is 4.79 Å². The van der Waals surface area contributed by atoms with Crippen LogP contribution >= 0.6 is 0 Å². The van der Waals surface area contributed by atoms with Crippen molar-refractivity contribution in [3.05, 3.63) is 23.3 Å². The molecule has 1 unspecified atom stereocenters. The van der Waals surface area contributed by atoms with Crippen molar-refractivity contribution in [1.82, 2.24) is 10.9 Å². The molecule has 0 aromatic heterocycles. The van der Waals surface area contributed by atoms with E-state index in [1.807, 2.05) is 19.1 Å². The van der Waals surface area contributed by atoms with Gasteiger partial charge in [0.15, 0.2) is 0 Å². The quantitative estimate of drug-likeness (QED) is 0.638. The molecule has 6 heteroatoms. The van der Waals surface area contributed by atoms with Crippen molar-refractivity contribution in [2.45, 2.75) is 19.4 Å². The van der Waals surface area contributed by atoms with E-state index in [1.165, 1.54) is 0 Å². The number of nitrogens with two attached hydrogens (primary N) is 1. The van der Waals surface area contributed by atoms with E-state index in [4.69, 9.17) is 15.2 Å². The molecule has 0 saturated heterocycles. The van der Waals surface area contributed by atoms with Crippen molar-refractivity contribution in [3.63, 3.8) is 0 Å². The highest BCUT2D eigenvalue weighted by Gasteiger charge is 2.17. The Bertz CT molecular complexity index is 449. The second kappa shape index (κ2) is 6.96. The van der Waals surface area contributed by atoms with Crippen molar-refractivity contribution < 1.29 is 14.3 Å². The first-order chi connectivity index (χ1) is 9.03. The number of ether oxygens (including phenoxy) is 2. The van der Waals surface area contributed by atoms with Crippen LogP contribution in [-0.2, 0) is 11.2 Å². The lowest BCUT2D eigenvalue weighted by Crippen LogP contribution is -2.46. The van der Waals surface area contributed by atoms with E-state index in [1.54, 1.807) is 21.3 Å². The molecule has 1 aromatic carbocycles. The maximum absolute atomic E-state index is 11.6. The molecule has 1 rings (SSSR count). The van der Waals surface area contributed by atoms with Gasteiger partial charge >= 0.3 is 0 Å². The summed E-state index contributed by atoms with van der Waals surface area (Å²) in [5.74, 6) is 1.17. The summed E-state index contributed by atoms with van der Waals surface area (Å²) in [6.07, 6.45) is 0.368. The molecule has 0 heterocycles. The van der Waals surface area contributed by atoms with E-state index in [-0.39, 0.29) is 5.91 Å². The number of aryl methyl sites for hydroxylation is 1. The average Bonchev–Trinajstić information content (AvgIpc) is 2.40. The molecular formula is C13H21N3O3. The van der Waals surface area contributed by atoms with Gasteiger partial charge in [-0.25, -0.2) is 5.43 Å². The van der Waals surface area contributed by atoms with Gasteiger partial charge in [0.05, 0.1) is 20.3 Å². The van der Waals surface area contributed by atoms with Crippen LogP contribution in [0.15, 0.2) is 12.1 Å². The number of rotatable bonds is 6. The Hall–Kier alpha value is -1.79. The van der Waals surface area contributed by atoms with Crippen molar-refractivity contribution >= 4 is 5.91 Å². The molecule has 0 bridgehead atoms. The summed E-state index contributed by atoms with van der Waals surface area (Å²) in [5, 5.41) is 0. The van der Waals surface area contributed by atoms with Gasteiger partial charge in [-0.2, -0.15) is 0 Å². The van der Waals surface area contributed by atoms with Gasteiger partial charge in [0.1, 0.15) is 11.5 Å². The minimum Gasteiger partial charge on any atom is -0.496 e. The molecule has 19 heavy (non-hydrogen) atoms. The summed E-state index contributed by atoms with van der Waals surface area (Å²) < 4.78 is 10.6. The van der Waals surface area contributed by atoms with Crippen LogP contribution in [0.2, 0.25) is 0 Å². The monoisotopic (exact) mass is 267 g/mol. The van der Waals surface area contributed by atoms with Gasteiger partial charge in [0, 0.05) is 13.5 Å². The Morgan fingerprint density at radius 3 is 2.47 bits per heavy atom. The van der Waals surface area contributed by atoms with E-state index in [2.05, 4.69) is 10.9 Å². The Labute approximate surface area is 113 Å². The van der Waals surface area contributed by atoms with Gasteiger partial charge in [0.25, 0.3) is 5.91 Å². The zero-order valence-corrected chi connectivity index (χ0v) is 11.7. The molecular weight excluding hydrogens is 246 g/mol. The molecule has 1 aromatic rings. The van der Waals surface area contributed by atoms with Crippen LogP contribution in [0.4, 0.5) is 0 Å². The number of nitrogens with one attached hydrogen (secondary N) is 2. The lowest BCUT2D eigenvalue weighted by molar-refractivity contribution is -0.123. The fourth-order valence-electron chi connectivity index (χ4n) is 1.82. The molecule has 1 atom stereocenters. The number of hydrogen-bond donors (Lipinski definition) is 3. The summed E-state index contributed by atoms with van der Waals surface area (Å²) in [4.78, 5) is 11.6. The zero-order valence-electron chi connectivity index (χ0n) is 11.7. The second-order valence-electron chi connectivity index (χ2n) is 4.18. The summed E-state index contributed by atoms with van der Waals surface area (Å²) in [6.45, 7) is 1.93. The fraction of sp³-hybridized carbons (Fsp3) is 0.462. The molecule has 1 amide bonds. The maximum atomic E-state index is 11.6. The number of hydrogen-bond acceptors (Lipinski definition) is 5. The molecule has 0 radical (unpaired) electrons. The third kappa shape index (κ3) is 3.84. The summed E-state index contributed by atoms with van der Waals surface area (Å²) >= 11 is 0. The number of benzene rings is 1. The largest absolute Gasteiger partial charge is 0.496 e. The first-order valence-corrected chi connectivity index (χ1v) is 5.97. The Kier molecular flexibility index (Phi) is 5.59. The number of carbonyl (C=O) groups is 1. The van der Waals surface area contributed by atoms with Gasteiger partial charge in [-0.3, -0.25) is 10.2 Å². The smallest absolute Gasteiger partial charge is 0.251 e. The van der Waals surface area contributed by atoms with Gasteiger partial charge in [-0.15, -0.1) is 0 Å². The van der Waals surface area contributed by atoms with Gasteiger partial charge in [-0.05, 0) is 30.2 Å². The molecule has 0 fully saturated rings. The lowest BCUT2D eigenvalue weighted by Gasteiger charge is -2.16. The SMILES string of the molecule is CNNC(=O)C(N)Cc1cc(OC)c(C)cc1OC. The van der Waals surface area contributed by atoms with Crippen molar-refractivity contribution in [3.8, 4) is 11.5 Å². The van der Waals surface area contributed by atoms with Crippen LogP contribution in [0.25, 0.3) is 0 Å². The van der Waals surface area contributed by atoms with Crippen LogP contribution in [0, 0.1) is 6.92 Å². The van der Waals surface area contributed by atoms with Crippen LogP contribution in [-0.4, -0.2) is 33.2 Å². The van der Waals surface area contributed by atoms with Gasteiger partial charge in [0.2, 0.25) is 0 Å². The highest BCUT2D eigenvalue weighted by molar-refractivity contribution is 5.81. The molecule has 0 aliphatic rings. The number of hydrazine groups is 1. The minimum atomic E-state index is -0.659. The third-order valence-electron chi connectivity index (χ3n) is 2.82. The van der Waals surface area contributed by atoms with E-state index in [0.29, 0.717) is 12.2 Å². The molecule has 0 aliphatic heterocycles. The lowest BCUT2D eigenvalue weighted by atomic mass is 10.0. The second-order valence-corrected chi connectivity index (χ2v) is 4.18. The average molecular weight is 267 g/mol. The molecule has 4 N–H and O–H groups in total. The summed E-state index contributed by atoms with van der Waals surface area (Å²) in [7, 11) is 4.80. The first-order valence-electron chi connectivity index (χ1n) is 5.97. The molecule has 0 aliphatic carbocycles. The summed E-state index contributed by atoms with van der Waals surface area (Å²) in [6, 6.07) is 3.06. The minimum absolute atomic E-state index is 0.274. The van der Waals surface area contributed by atoms with Gasteiger partial charge < -0.3 is 15.2 Å². The molecule has 0 saturated carbocycles. The zero-order chi connectivity index (χ0) is 14.4. The maximum Gasteiger partial charge on any atom is 0.251 e. The number of methoxy groups -OCH3 is 2. The fourth-order valence-corrected chi connectivity index (χ4v) is 1.82. The van der Waals surface area contributed by atoms with Gasteiger partial charge in [-0.1, -0.05) is 0 Å². The Balaban J connectivity index is 2.95. The third-order valence-corrected chi connectivity index (χ3v) is 2.82. The van der Waals surface area contributed by atoms with E-state index >= 15 is 0 Å². The highest BCUT2D eigenvalue weighted by Crippen LogP contribution is 2.28. The molecule has 0 spiro atoms. The van der Waals surface area contributed by atoms with Crippen LogP contribution < -0.4 is 26.1 Å². The Morgan fingerprint density at radius 2 is 1.95 bits per heavy atom. The van der Waals surface area contributed by atoms with Crippen molar-refractivity contribution in [2.75, 3.05) is 21.3 Å². The first kappa shape index (κ1) is 15.3. The normalized spacial score (nSPS) is 11.8.